The highest BCUT2D eigenvalue weighted by Gasteiger charge is 2.33. The number of aryl methyl sites for hydroxylation is 2. The van der Waals surface area contributed by atoms with Gasteiger partial charge in [0.1, 0.15) is 11.5 Å². The number of hydrogen-bond donors (Lipinski definition) is 0. The van der Waals surface area contributed by atoms with Gasteiger partial charge in [0.25, 0.3) is 0 Å². The molecule has 38 heavy (non-hydrogen) atoms. The van der Waals surface area contributed by atoms with Crippen molar-refractivity contribution < 1.29 is 25.2 Å². The zero-order valence-electron chi connectivity index (χ0n) is 21.1. The van der Waals surface area contributed by atoms with Crippen LogP contribution in [-0.2, 0) is 20.2 Å². The number of para-hydroxylation sites is 2. The second-order valence-electron chi connectivity index (χ2n) is 9.62. The Morgan fingerprint density at radius 2 is 0.868 bits per heavy atom. The number of fused-ring (bicyclic) bond motifs is 2. The number of rotatable bonds is 2. The van der Waals surface area contributed by atoms with Crippen LogP contribution in [0.4, 0.5) is 0 Å². The van der Waals surface area contributed by atoms with Crippen molar-refractivity contribution in [2.45, 2.75) is 25.7 Å². The lowest BCUT2D eigenvalue weighted by molar-refractivity contribution is 0.465. The van der Waals surface area contributed by atoms with Gasteiger partial charge in [-0.25, -0.2) is 0 Å². The van der Waals surface area contributed by atoms with E-state index in [9.17, 15) is 16.8 Å². The molecule has 0 amide bonds. The van der Waals surface area contributed by atoms with Gasteiger partial charge in [-0.15, -0.1) is 0 Å². The van der Waals surface area contributed by atoms with Gasteiger partial charge >= 0.3 is 20.2 Å². The van der Waals surface area contributed by atoms with E-state index in [-0.39, 0.29) is 23.3 Å². The molecule has 0 saturated carbocycles. The zero-order chi connectivity index (χ0) is 26.9. The summed E-state index contributed by atoms with van der Waals surface area (Å²) in [6, 6.07) is 30.6. The molecule has 4 aromatic rings. The van der Waals surface area contributed by atoms with E-state index in [1.54, 1.807) is 24.3 Å². The maximum absolute atomic E-state index is 11.8. The largest absolute Gasteiger partial charge is 0.382 e. The molecule has 0 N–H and O–H groups in total. The summed E-state index contributed by atoms with van der Waals surface area (Å²) in [7, 11) is -7.01. The molecule has 4 aromatic carbocycles. The maximum atomic E-state index is 11.8. The van der Waals surface area contributed by atoms with E-state index in [0.29, 0.717) is 11.5 Å². The standard InChI is InChI=1S/2C15H14O3S/c2*1-11-6-8-12(9-7-11)14-10-19(16,17)18-15-5-3-2-4-13(14)15/h2*2-9,14H,10H2,1H3/t2*14-/m00/s1. The van der Waals surface area contributed by atoms with Crippen LogP contribution in [0.2, 0.25) is 0 Å². The van der Waals surface area contributed by atoms with E-state index in [0.717, 1.165) is 33.4 Å². The molecule has 0 aromatic heterocycles. The first-order valence-corrected chi connectivity index (χ1v) is 15.4. The highest BCUT2D eigenvalue weighted by Crippen LogP contribution is 2.39. The molecular formula is C30H28O6S2. The van der Waals surface area contributed by atoms with Crippen LogP contribution in [0.25, 0.3) is 0 Å². The van der Waals surface area contributed by atoms with Gasteiger partial charge in [0.2, 0.25) is 0 Å². The lowest BCUT2D eigenvalue weighted by Gasteiger charge is -2.25. The predicted octanol–water partition coefficient (Wildman–Crippen LogP) is 5.70. The van der Waals surface area contributed by atoms with Gasteiger partial charge in [0.05, 0.1) is 11.5 Å². The molecule has 0 fully saturated rings. The van der Waals surface area contributed by atoms with Crippen LogP contribution in [0, 0.1) is 13.8 Å². The quantitative estimate of drug-likeness (QED) is 0.299. The molecule has 0 unspecified atom stereocenters. The smallest absolute Gasteiger partial charge is 0.310 e. The fraction of sp³-hybridized carbons (Fsp3) is 0.200. The molecule has 2 atom stereocenters. The molecule has 6 rings (SSSR count). The Balaban J connectivity index is 0.000000155. The Labute approximate surface area is 224 Å². The number of hydrogen-bond acceptors (Lipinski definition) is 6. The van der Waals surface area contributed by atoms with Crippen LogP contribution in [-0.4, -0.2) is 28.3 Å². The second kappa shape index (κ2) is 10.3. The monoisotopic (exact) mass is 548 g/mol. The topological polar surface area (TPSA) is 86.7 Å². The third-order valence-electron chi connectivity index (χ3n) is 6.72. The summed E-state index contributed by atoms with van der Waals surface area (Å²) in [5.74, 6) is 0.560. The first-order valence-electron chi connectivity index (χ1n) is 12.3. The number of benzene rings is 4. The maximum Gasteiger partial charge on any atom is 0.310 e. The Bertz CT molecular complexity index is 1530. The van der Waals surface area contributed by atoms with E-state index < -0.39 is 20.2 Å². The molecule has 0 spiro atoms. The van der Waals surface area contributed by atoms with Gasteiger partial charge in [-0.1, -0.05) is 96.1 Å². The van der Waals surface area contributed by atoms with Gasteiger partial charge in [0, 0.05) is 23.0 Å². The molecule has 6 nitrogen and oxygen atoms in total. The average molecular weight is 549 g/mol. The van der Waals surface area contributed by atoms with Crippen LogP contribution in [0.1, 0.15) is 45.2 Å². The second-order valence-corrected chi connectivity index (χ2v) is 12.8. The van der Waals surface area contributed by atoms with E-state index in [1.165, 1.54) is 0 Å². The van der Waals surface area contributed by atoms with Crippen molar-refractivity contribution in [2.24, 2.45) is 0 Å². The minimum Gasteiger partial charge on any atom is -0.382 e. The lowest BCUT2D eigenvalue weighted by atomic mass is 9.92. The van der Waals surface area contributed by atoms with E-state index in [2.05, 4.69) is 0 Å². The molecule has 0 aliphatic carbocycles. The fourth-order valence-corrected chi connectivity index (χ4v) is 7.31. The van der Waals surface area contributed by atoms with Crippen LogP contribution in [0.3, 0.4) is 0 Å². The molecule has 0 saturated heterocycles. The first kappa shape index (κ1) is 26.0. The molecule has 8 heteroatoms. The molecule has 2 aliphatic heterocycles. The van der Waals surface area contributed by atoms with Gasteiger partial charge in [-0.3, -0.25) is 0 Å². The minimum absolute atomic E-state index is 0.00687. The van der Waals surface area contributed by atoms with Crippen LogP contribution >= 0.6 is 0 Å². The van der Waals surface area contributed by atoms with Crippen molar-refractivity contribution in [2.75, 3.05) is 11.5 Å². The van der Waals surface area contributed by atoms with E-state index >= 15 is 0 Å². The van der Waals surface area contributed by atoms with Gasteiger partial charge in [-0.05, 0) is 37.1 Å². The van der Waals surface area contributed by atoms with Gasteiger partial charge in [0.15, 0.2) is 0 Å². The highest BCUT2D eigenvalue weighted by atomic mass is 32.2. The van der Waals surface area contributed by atoms with Crippen molar-refractivity contribution >= 4 is 20.2 Å². The van der Waals surface area contributed by atoms with Crippen molar-refractivity contribution in [1.82, 2.24) is 0 Å². The Hall–Kier alpha value is -3.62. The summed E-state index contributed by atoms with van der Waals surface area (Å²) in [5, 5.41) is 0. The van der Waals surface area contributed by atoms with Crippen molar-refractivity contribution in [1.29, 1.82) is 0 Å². The van der Waals surface area contributed by atoms with Crippen LogP contribution in [0.5, 0.6) is 11.5 Å². The lowest BCUT2D eigenvalue weighted by Crippen LogP contribution is -2.26. The first-order chi connectivity index (χ1) is 18.1. The normalized spacial score (nSPS) is 20.4. The van der Waals surface area contributed by atoms with E-state index in [1.807, 2.05) is 86.6 Å². The summed E-state index contributed by atoms with van der Waals surface area (Å²) in [6.07, 6.45) is 0. The molecule has 0 bridgehead atoms. The summed E-state index contributed by atoms with van der Waals surface area (Å²) >= 11 is 0. The van der Waals surface area contributed by atoms with Crippen LogP contribution < -0.4 is 8.37 Å². The molecule has 196 valence electrons. The Morgan fingerprint density at radius 3 is 1.24 bits per heavy atom. The minimum atomic E-state index is -3.50. The highest BCUT2D eigenvalue weighted by molar-refractivity contribution is 7.87. The molecular weight excluding hydrogens is 520 g/mol. The summed E-state index contributed by atoms with van der Waals surface area (Å²) in [5.41, 5.74) is 6.19. The van der Waals surface area contributed by atoms with Crippen molar-refractivity contribution in [3.05, 3.63) is 130 Å². The molecule has 2 heterocycles. The third-order valence-corrected chi connectivity index (χ3v) is 9.07. The molecule has 0 radical (unpaired) electrons. The fourth-order valence-electron chi connectivity index (χ4n) is 4.77. The van der Waals surface area contributed by atoms with Crippen molar-refractivity contribution in [3.8, 4) is 11.5 Å². The predicted molar refractivity (Wildman–Crippen MR) is 148 cm³/mol. The van der Waals surface area contributed by atoms with Crippen LogP contribution in [0.15, 0.2) is 97.1 Å². The summed E-state index contributed by atoms with van der Waals surface area (Å²) in [6.45, 7) is 4.02. The van der Waals surface area contributed by atoms with Gasteiger partial charge in [-0.2, -0.15) is 16.8 Å². The summed E-state index contributed by atoms with van der Waals surface area (Å²) in [4.78, 5) is 0. The SMILES string of the molecule is Cc1ccc([C@@H]2CS(=O)(=O)Oc3ccccc32)cc1.Cc1ccc([C@@H]2CS(=O)(=O)Oc3ccccc32)cc1. The van der Waals surface area contributed by atoms with Crippen molar-refractivity contribution in [3.63, 3.8) is 0 Å². The molecule has 2 aliphatic rings. The van der Waals surface area contributed by atoms with Gasteiger partial charge < -0.3 is 8.37 Å². The summed E-state index contributed by atoms with van der Waals surface area (Å²) < 4.78 is 57.5. The zero-order valence-corrected chi connectivity index (χ0v) is 22.7. The Morgan fingerprint density at radius 1 is 0.526 bits per heavy atom. The average Bonchev–Trinajstić information content (AvgIpc) is 2.88. The van der Waals surface area contributed by atoms with E-state index in [4.69, 9.17) is 8.37 Å². The Kier molecular flexibility index (Phi) is 7.03. The third kappa shape index (κ3) is 5.76.